The van der Waals surface area contributed by atoms with Crippen LogP contribution in [0, 0.1) is 6.92 Å². The average Bonchev–Trinajstić information content (AvgIpc) is 2.78. The van der Waals surface area contributed by atoms with Gasteiger partial charge in [-0.2, -0.15) is 13.2 Å². The molecule has 8 heteroatoms. The molecule has 0 aromatic heterocycles. The summed E-state index contributed by atoms with van der Waals surface area (Å²) in [7, 11) is 0. The lowest BCUT2D eigenvalue weighted by atomic mass is 10.1. The molecule has 0 aliphatic heterocycles. The summed E-state index contributed by atoms with van der Waals surface area (Å²) in [4.78, 5) is 25.0. The van der Waals surface area contributed by atoms with Crippen molar-refractivity contribution >= 4 is 23.2 Å². The van der Waals surface area contributed by atoms with E-state index < -0.39 is 23.8 Å². The quantitative estimate of drug-likeness (QED) is 0.454. The van der Waals surface area contributed by atoms with E-state index in [1.54, 1.807) is 12.1 Å². The summed E-state index contributed by atoms with van der Waals surface area (Å²) in [6.07, 6.45) is -4.74. The zero-order valence-corrected chi connectivity index (χ0v) is 18.1. The van der Waals surface area contributed by atoms with Gasteiger partial charge in [0.05, 0.1) is 5.56 Å². The van der Waals surface area contributed by atoms with Gasteiger partial charge in [0.2, 0.25) is 0 Å². The van der Waals surface area contributed by atoms with Gasteiger partial charge in [0.15, 0.2) is 6.10 Å². The molecular formula is C25H23F3N2O3. The molecule has 2 amide bonds. The highest BCUT2D eigenvalue weighted by Gasteiger charge is 2.30. The van der Waals surface area contributed by atoms with Gasteiger partial charge < -0.3 is 15.4 Å². The SMILES string of the molecule is CCC(Oc1ccc(C)cc1)C(=O)Nc1ccc(C(=O)Nc2cccc(C(F)(F)F)c2)cc1. The lowest BCUT2D eigenvalue weighted by Gasteiger charge is -2.17. The van der Waals surface area contributed by atoms with Crippen LogP contribution in [-0.4, -0.2) is 17.9 Å². The molecule has 1 unspecified atom stereocenters. The van der Waals surface area contributed by atoms with Crippen LogP contribution >= 0.6 is 0 Å². The average molecular weight is 456 g/mol. The van der Waals surface area contributed by atoms with Gasteiger partial charge in [0.25, 0.3) is 11.8 Å². The highest BCUT2D eigenvalue weighted by molar-refractivity contribution is 6.04. The summed E-state index contributed by atoms with van der Waals surface area (Å²) in [6, 6.07) is 17.8. The van der Waals surface area contributed by atoms with E-state index in [1.807, 2.05) is 26.0 Å². The number of benzene rings is 3. The number of hydrogen-bond acceptors (Lipinski definition) is 3. The number of halogens is 3. The molecule has 0 radical (unpaired) electrons. The summed E-state index contributed by atoms with van der Waals surface area (Å²) < 4.78 is 44.3. The number of carbonyl (C=O) groups is 2. The molecule has 0 saturated heterocycles. The maximum Gasteiger partial charge on any atom is 0.416 e. The highest BCUT2D eigenvalue weighted by atomic mass is 19.4. The molecule has 33 heavy (non-hydrogen) atoms. The number of rotatable bonds is 7. The number of ether oxygens (including phenoxy) is 1. The molecule has 0 aliphatic rings. The minimum Gasteiger partial charge on any atom is -0.481 e. The van der Waals surface area contributed by atoms with Crippen LogP contribution < -0.4 is 15.4 Å². The third-order valence-electron chi connectivity index (χ3n) is 4.82. The Bertz CT molecular complexity index is 1110. The summed E-state index contributed by atoms with van der Waals surface area (Å²) in [5.41, 5.74) is 0.954. The fourth-order valence-corrected chi connectivity index (χ4v) is 3.01. The normalized spacial score (nSPS) is 12.0. The molecule has 3 rings (SSSR count). The van der Waals surface area contributed by atoms with Gasteiger partial charge >= 0.3 is 6.18 Å². The Hall–Kier alpha value is -3.81. The third kappa shape index (κ3) is 6.58. The number of alkyl halides is 3. The molecule has 0 fully saturated rings. The molecule has 1 atom stereocenters. The van der Waals surface area contributed by atoms with E-state index in [0.717, 1.165) is 17.7 Å². The highest BCUT2D eigenvalue weighted by Crippen LogP contribution is 2.30. The van der Waals surface area contributed by atoms with Crippen molar-refractivity contribution in [1.82, 2.24) is 0 Å². The van der Waals surface area contributed by atoms with E-state index in [1.165, 1.54) is 36.4 Å². The molecule has 3 aromatic carbocycles. The van der Waals surface area contributed by atoms with Crippen LogP contribution in [0.3, 0.4) is 0 Å². The molecule has 2 N–H and O–H groups in total. The van der Waals surface area contributed by atoms with Crippen molar-refractivity contribution in [3.8, 4) is 5.75 Å². The number of carbonyl (C=O) groups excluding carboxylic acids is 2. The predicted molar refractivity (Wildman–Crippen MR) is 120 cm³/mol. The first kappa shape index (κ1) is 23.8. The van der Waals surface area contributed by atoms with Gasteiger partial charge in [-0.1, -0.05) is 30.7 Å². The second kappa shape index (κ2) is 10.2. The molecule has 172 valence electrons. The Labute approximate surface area is 189 Å². The van der Waals surface area contributed by atoms with Crippen molar-refractivity contribution in [2.24, 2.45) is 0 Å². The fraction of sp³-hybridized carbons (Fsp3) is 0.200. The first-order chi connectivity index (χ1) is 15.7. The Morgan fingerprint density at radius 2 is 1.58 bits per heavy atom. The molecule has 0 spiro atoms. The van der Waals surface area contributed by atoms with Gasteiger partial charge in [-0.15, -0.1) is 0 Å². The summed E-state index contributed by atoms with van der Waals surface area (Å²) in [6.45, 7) is 3.79. The van der Waals surface area contributed by atoms with Gasteiger partial charge in [-0.25, -0.2) is 0 Å². The van der Waals surface area contributed by atoms with Crippen LogP contribution in [0.25, 0.3) is 0 Å². The van der Waals surface area contributed by atoms with E-state index in [9.17, 15) is 22.8 Å². The van der Waals surface area contributed by atoms with Gasteiger partial charge in [0.1, 0.15) is 5.75 Å². The predicted octanol–water partition coefficient (Wildman–Crippen LogP) is 6.06. The number of amides is 2. The first-order valence-corrected chi connectivity index (χ1v) is 10.3. The molecule has 0 heterocycles. The summed E-state index contributed by atoms with van der Waals surface area (Å²) in [5, 5.41) is 5.19. The Morgan fingerprint density at radius 1 is 0.909 bits per heavy atom. The van der Waals surface area contributed by atoms with Crippen LogP contribution in [0.4, 0.5) is 24.5 Å². The zero-order valence-electron chi connectivity index (χ0n) is 18.1. The number of hydrogen-bond donors (Lipinski definition) is 2. The summed E-state index contributed by atoms with van der Waals surface area (Å²) in [5.74, 6) is -0.315. The largest absolute Gasteiger partial charge is 0.481 e. The molecule has 5 nitrogen and oxygen atoms in total. The lowest BCUT2D eigenvalue weighted by molar-refractivity contribution is -0.137. The fourth-order valence-electron chi connectivity index (χ4n) is 3.01. The van der Waals surface area contributed by atoms with E-state index >= 15 is 0 Å². The standard InChI is InChI=1S/C25H23F3N2O3/c1-3-22(33-21-13-7-16(2)8-14-21)24(32)29-19-11-9-17(10-12-19)23(31)30-20-6-4-5-18(15-20)25(26,27)28/h4-15,22H,3H2,1-2H3,(H,29,32)(H,30,31). The van der Waals surface area contributed by atoms with Crippen LogP contribution in [-0.2, 0) is 11.0 Å². The van der Waals surface area contributed by atoms with E-state index in [-0.39, 0.29) is 17.2 Å². The number of anilines is 2. The van der Waals surface area contributed by atoms with Crippen LogP contribution in [0.1, 0.15) is 34.8 Å². The number of nitrogens with one attached hydrogen (secondary N) is 2. The molecule has 3 aromatic rings. The van der Waals surface area contributed by atoms with E-state index in [0.29, 0.717) is 17.9 Å². The maximum absolute atomic E-state index is 12.8. The van der Waals surface area contributed by atoms with Crippen molar-refractivity contribution in [2.45, 2.75) is 32.5 Å². The van der Waals surface area contributed by atoms with Crippen LogP contribution in [0.2, 0.25) is 0 Å². The Kier molecular flexibility index (Phi) is 7.37. The molecule has 0 bridgehead atoms. The minimum atomic E-state index is -4.50. The first-order valence-electron chi connectivity index (χ1n) is 10.3. The molecule has 0 saturated carbocycles. The number of aryl methyl sites for hydroxylation is 1. The Balaban J connectivity index is 1.61. The van der Waals surface area contributed by atoms with Gasteiger partial charge in [-0.05, 0) is 67.9 Å². The monoisotopic (exact) mass is 456 g/mol. The second-order valence-electron chi connectivity index (χ2n) is 7.43. The minimum absolute atomic E-state index is 0.0336. The van der Waals surface area contributed by atoms with E-state index in [4.69, 9.17) is 4.74 Å². The van der Waals surface area contributed by atoms with Crippen molar-refractivity contribution in [3.05, 3.63) is 89.5 Å². The zero-order chi connectivity index (χ0) is 24.0. The third-order valence-corrected chi connectivity index (χ3v) is 4.82. The van der Waals surface area contributed by atoms with Gasteiger partial charge in [-0.3, -0.25) is 9.59 Å². The van der Waals surface area contributed by atoms with Crippen molar-refractivity contribution < 1.29 is 27.5 Å². The van der Waals surface area contributed by atoms with Crippen LogP contribution in [0.5, 0.6) is 5.75 Å². The van der Waals surface area contributed by atoms with Crippen molar-refractivity contribution in [1.29, 1.82) is 0 Å². The van der Waals surface area contributed by atoms with E-state index in [2.05, 4.69) is 10.6 Å². The lowest BCUT2D eigenvalue weighted by Crippen LogP contribution is -2.32. The second-order valence-corrected chi connectivity index (χ2v) is 7.43. The topological polar surface area (TPSA) is 67.4 Å². The van der Waals surface area contributed by atoms with Crippen molar-refractivity contribution in [2.75, 3.05) is 10.6 Å². The van der Waals surface area contributed by atoms with Gasteiger partial charge in [0, 0.05) is 16.9 Å². The maximum atomic E-state index is 12.8. The molecular weight excluding hydrogens is 433 g/mol. The van der Waals surface area contributed by atoms with Crippen LogP contribution in [0.15, 0.2) is 72.8 Å². The molecule has 0 aliphatic carbocycles. The Morgan fingerprint density at radius 3 is 2.18 bits per heavy atom. The summed E-state index contributed by atoms with van der Waals surface area (Å²) >= 11 is 0. The van der Waals surface area contributed by atoms with Crippen molar-refractivity contribution in [3.63, 3.8) is 0 Å². The smallest absolute Gasteiger partial charge is 0.416 e.